The Morgan fingerprint density at radius 1 is 1.06 bits per heavy atom. The topological polar surface area (TPSA) is 54.4 Å². The zero-order chi connectivity index (χ0) is 13.1. The molecule has 2 unspecified atom stereocenters. The van der Waals surface area contributed by atoms with E-state index in [2.05, 4.69) is 15.9 Å². The summed E-state index contributed by atoms with van der Waals surface area (Å²) in [5.74, 6) is -2.03. The SMILES string of the molecule is O=C(O)C1CC=CCC1C(=O)c1ccc(Br)cc1. The summed E-state index contributed by atoms with van der Waals surface area (Å²) in [6, 6.07) is 7.04. The number of carboxylic acids is 1. The van der Waals surface area contributed by atoms with Gasteiger partial charge in [0, 0.05) is 16.0 Å². The fourth-order valence-electron chi connectivity index (χ4n) is 2.21. The summed E-state index contributed by atoms with van der Waals surface area (Å²) in [5, 5.41) is 9.15. The lowest BCUT2D eigenvalue weighted by atomic mass is 9.78. The second-order valence-corrected chi connectivity index (χ2v) is 5.28. The van der Waals surface area contributed by atoms with Gasteiger partial charge in [-0.1, -0.05) is 40.2 Å². The van der Waals surface area contributed by atoms with Gasteiger partial charge in [-0.15, -0.1) is 0 Å². The lowest BCUT2D eigenvalue weighted by Crippen LogP contribution is -2.31. The molecule has 0 aliphatic heterocycles. The minimum absolute atomic E-state index is 0.0840. The van der Waals surface area contributed by atoms with Crippen LogP contribution in [0, 0.1) is 11.8 Å². The Morgan fingerprint density at radius 3 is 2.17 bits per heavy atom. The van der Waals surface area contributed by atoms with E-state index in [0.717, 1.165) is 4.47 Å². The molecule has 0 aromatic heterocycles. The van der Waals surface area contributed by atoms with Gasteiger partial charge in [-0.3, -0.25) is 9.59 Å². The molecule has 1 aliphatic rings. The molecule has 0 bridgehead atoms. The number of carbonyl (C=O) groups excluding carboxylic acids is 1. The Labute approximate surface area is 114 Å². The van der Waals surface area contributed by atoms with Crippen LogP contribution in [-0.2, 0) is 4.79 Å². The summed E-state index contributed by atoms with van der Waals surface area (Å²) >= 11 is 3.31. The fraction of sp³-hybridized carbons (Fsp3) is 0.286. The molecule has 94 valence electrons. The highest BCUT2D eigenvalue weighted by molar-refractivity contribution is 9.10. The molecule has 0 saturated carbocycles. The quantitative estimate of drug-likeness (QED) is 0.688. The normalized spacial score (nSPS) is 22.7. The number of carbonyl (C=O) groups is 2. The predicted molar refractivity (Wildman–Crippen MR) is 71.5 cm³/mol. The van der Waals surface area contributed by atoms with Gasteiger partial charge in [0.15, 0.2) is 5.78 Å². The van der Waals surface area contributed by atoms with Crippen molar-refractivity contribution in [2.24, 2.45) is 11.8 Å². The van der Waals surface area contributed by atoms with Crippen LogP contribution in [0.25, 0.3) is 0 Å². The molecule has 0 heterocycles. The van der Waals surface area contributed by atoms with E-state index in [-0.39, 0.29) is 5.78 Å². The number of aliphatic carboxylic acids is 1. The number of rotatable bonds is 3. The Bertz CT molecular complexity index is 490. The van der Waals surface area contributed by atoms with Crippen molar-refractivity contribution in [3.63, 3.8) is 0 Å². The minimum Gasteiger partial charge on any atom is -0.481 e. The van der Waals surface area contributed by atoms with Crippen LogP contribution in [0.15, 0.2) is 40.9 Å². The van der Waals surface area contributed by atoms with Gasteiger partial charge >= 0.3 is 5.97 Å². The van der Waals surface area contributed by atoms with Crippen molar-refractivity contribution < 1.29 is 14.7 Å². The van der Waals surface area contributed by atoms with Crippen LogP contribution in [0.1, 0.15) is 23.2 Å². The first-order chi connectivity index (χ1) is 8.59. The second-order valence-electron chi connectivity index (χ2n) is 4.37. The first kappa shape index (κ1) is 13.0. The smallest absolute Gasteiger partial charge is 0.307 e. The zero-order valence-electron chi connectivity index (χ0n) is 9.67. The summed E-state index contributed by atoms with van der Waals surface area (Å²) in [4.78, 5) is 23.5. The third-order valence-corrected chi connectivity index (χ3v) is 3.74. The summed E-state index contributed by atoms with van der Waals surface area (Å²) < 4.78 is 0.900. The lowest BCUT2D eigenvalue weighted by molar-refractivity contribution is -0.143. The van der Waals surface area contributed by atoms with E-state index in [0.29, 0.717) is 18.4 Å². The van der Waals surface area contributed by atoms with Crippen LogP contribution in [-0.4, -0.2) is 16.9 Å². The number of halogens is 1. The van der Waals surface area contributed by atoms with Crippen molar-refractivity contribution in [2.75, 3.05) is 0 Å². The number of hydrogen-bond acceptors (Lipinski definition) is 2. The summed E-state index contributed by atoms with van der Waals surface area (Å²) in [6.45, 7) is 0. The van der Waals surface area contributed by atoms with Crippen molar-refractivity contribution in [1.29, 1.82) is 0 Å². The molecule has 1 aromatic carbocycles. The minimum atomic E-state index is -0.894. The Morgan fingerprint density at radius 2 is 1.61 bits per heavy atom. The van der Waals surface area contributed by atoms with Gasteiger partial charge in [-0.25, -0.2) is 0 Å². The molecule has 0 radical (unpaired) electrons. The van der Waals surface area contributed by atoms with Gasteiger partial charge in [0.05, 0.1) is 5.92 Å². The third kappa shape index (κ3) is 2.70. The first-order valence-electron chi connectivity index (χ1n) is 5.77. The monoisotopic (exact) mass is 308 g/mol. The first-order valence-corrected chi connectivity index (χ1v) is 6.56. The highest BCUT2D eigenvalue weighted by Crippen LogP contribution is 2.29. The molecule has 0 spiro atoms. The summed E-state index contributed by atoms with van der Waals surface area (Å²) in [7, 11) is 0. The molecule has 2 rings (SSSR count). The zero-order valence-corrected chi connectivity index (χ0v) is 11.3. The van der Waals surface area contributed by atoms with Crippen LogP contribution in [0.5, 0.6) is 0 Å². The average Bonchev–Trinajstić information content (AvgIpc) is 2.39. The van der Waals surface area contributed by atoms with Crippen LogP contribution >= 0.6 is 15.9 Å². The van der Waals surface area contributed by atoms with Crippen LogP contribution in [0.3, 0.4) is 0 Å². The van der Waals surface area contributed by atoms with Gasteiger partial charge in [-0.05, 0) is 25.0 Å². The van der Waals surface area contributed by atoms with Gasteiger partial charge in [0.2, 0.25) is 0 Å². The Kier molecular flexibility index (Phi) is 3.97. The van der Waals surface area contributed by atoms with E-state index in [1.54, 1.807) is 24.3 Å². The number of carboxylic acid groups (broad SMARTS) is 1. The molecule has 18 heavy (non-hydrogen) atoms. The maximum Gasteiger partial charge on any atom is 0.307 e. The second kappa shape index (κ2) is 5.48. The van der Waals surface area contributed by atoms with Gasteiger partial charge in [0.1, 0.15) is 0 Å². The van der Waals surface area contributed by atoms with Gasteiger partial charge in [0.25, 0.3) is 0 Å². The standard InChI is InChI=1S/C14H13BrO3/c15-10-7-5-9(6-8-10)13(16)11-3-1-2-4-12(11)14(17)18/h1-2,5-8,11-12H,3-4H2,(H,17,18). The third-order valence-electron chi connectivity index (χ3n) is 3.22. The largest absolute Gasteiger partial charge is 0.481 e. The molecule has 3 nitrogen and oxygen atoms in total. The van der Waals surface area contributed by atoms with E-state index in [1.165, 1.54) is 0 Å². The van der Waals surface area contributed by atoms with Gasteiger partial charge < -0.3 is 5.11 Å². The molecule has 0 fully saturated rings. The fourth-order valence-corrected chi connectivity index (χ4v) is 2.47. The van der Waals surface area contributed by atoms with Gasteiger partial charge in [-0.2, -0.15) is 0 Å². The molecule has 2 atom stereocenters. The maximum absolute atomic E-state index is 12.3. The van der Waals surface area contributed by atoms with E-state index < -0.39 is 17.8 Å². The van der Waals surface area contributed by atoms with Crippen molar-refractivity contribution in [1.82, 2.24) is 0 Å². The van der Waals surface area contributed by atoms with E-state index in [9.17, 15) is 9.59 Å². The molecular formula is C14H13BrO3. The van der Waals surface area contributed by atoms with Crippen molar-refractivity contribution >= 4 is 27.7 Å². The molecule has 0 saturated heterocycles. The van der Waals surface area contributed by atoms with E-state index in [4.69, 9.17) is 5.11 Å². The number of hydrogen-bond donors (Lipinski definition) is 1. The van der Waals surface area contributed by atoms with E-state index >= 15 is 0 Å². The molecule has 1 aromatic rings. The maximum atomic E-state index is 12.3. The predicted octanol–water partition coefficient (Wildman–Crippen LogP) is 3.30. The average molecular weight is 309 g/mol. The number of allylic oxidation sites excluding steroid dienone is 2. The van der Waals surface area contributed by atoms with Crippen molar-refractivity contribution in [2.45, 2.75) is 12.8 Å². The van der Waals surface area contributed by atoms with Crippen LogP contribution in [0.2, 0.25) is 0 Å². The summed E-state index contributed by atoms with van der Waals surface area (Å²) in [6.07, 6.45) is 4.67. The molecule has 1 aliphatic carbocycles. The Hall–Kier alpha value is -1.42. The summed E-state index contributed by atoms with van der Waals surface area (Å²) in [5.41, 5.74) is 0.574. The van der Waals surface area contributed by atoms with Crippen molar-refractivity contribution in [3.05, 3.63) is 46.5 Å². The number of Topliss-reactive ketones (excluding diaryl/α,β-unsaturated/α-hetero) is 1. The molecule has 1 N–H and O–H groups in total. The molecular weight excluding hydrogens is 296 g/mol. The number of benzene rings is 1. The molecule has 0 amide bonds. The lowest BCUT2D eigenvalue weighted by Gasteiger charge is -2.23. The highest BCUT2D eigenvalue weighted by atomic mass is 79.9. The Balaban J connectivity index is 2.24. The van der Waals surface area contributed by atoms with Crippen LogP contribution in [0.4, 0.5) is 0 Å². The molecule has 4 heteroatoms. The van der Waals surface area contributed by atoms with Crippen LogP contribution < -0.4 is 0 Å². The highest BCUT2D eigenvalue weighted by Gasteiger charge is 2.34. The van der Waals surface area contributed by atoms with E-state index in [1.807, 2.05) is 12.2 Å². The van der Waals surface area contributed by atoms with Crippen molar-refractivity contribution in [3.8, 4) is 0 Å². The number of ketones is 1.